The first-order chi connectivity index (χ1) is 10.1. The highest BCUT2D eigenvalue weighted by Gasteiger charge is 2.05. The first-order valence-electron chi connectivity index (χ1n) is 6.93. The molecule has 4 heteroatoms. The molecule has 0 radical (unpaired) electrons. The fourth-order valence-electron chi connectivity index (χ4n) is 2.12. The summed E-state index contributed by atoms with van der Waals surface area (Å²) >= 11 is 3.16. The normalized spacial score (nSPS) is 12.0. The van der Waals surface area contributed by atoms with Crippen LogP contribution in [0.4, 0.5) is 10.1 Å². The minimum absolute atomic E-state index is 0.248. The predicted octanol–water partition coefficient (Wildman–Crippen LogP) is 5.03. The van der Waals surface area contributed by atoms with Crippen LogP contribution in [0.2, 0.25) is 0 Å². The Balaban J connectivity index is 1.86. The molecular weight excluding hydrogens is 333 g/mol. The third-order valence-corrected chi connectivity index (χ3v) is 4.00. The number of benzene rings is 2. The largest absolute Gasteiger partial charge is 0.497 e. The molecule has 2 aromatic carbocycles. The van der Waals surface area contributed by atoms with Crippen molar-refractivity contribution in [3.8, 4) is 5.75 Å². The molecule has 0 aliphatic carbocycles. The number of hydrogen-bond acceptors (Lipinski definition) is 2. The summed E-state index contributed by atoms with van der Waals surface area (Å²) in [6.45, 7) is 2.10. The van der Waals surface area contributed by atoms with Gasteiger partial charge in [0.2, 0.25) is 0 Å². The standard InChI is InChI=1S/C17H19BrFNO/c1-12(20-14-7-10-16(18)17(19)11-14)3-4-13-5-8-15(21-2)9-6-13/h5-12,20H,3-4H2,1-2H3. The van der Waals surface area contributed by atoms with Gasteiger partial charge in [-0.15, -0.1) is 0 Å². The third kappa shape index (κ3) is 4.74. The van der Waals surface area contributed by atoms with Crippen molar-refractivity contribution in [3.63, 3.8) is 0 Å². The maximum atomic E-state index is 13.5. The van der Waals surface area contributed by atoms with Gasteiger partial charge >= 0.3 is 0 Å². The molecule has 0 saturated carbocycles. The minimum Gasteiger partial charge on any atom is -0.497 e. The van der Waals surface area contributed by atoms with Gasteiger partial charge in [-0.05, 0) is 71.6 Å². The van der Waals surface area contributed by atoms with Crippen molar-refractivity contribution in [3.05, 3.63) is 58.3 Å². The van der Waals surface area contributed by atoms with E-state index in [4.69, 9.17) is 4.74 Å². The Morgan fingerprint density at radius 3 is 2.52 bits per heavy atom. The highest BCUT2D eigenvalue weighted by Crippen LogP contribution is 2.20. The van der Waals surface area contributed by atoms with Gasteiger partial charge in [-0.25, -0.2) is 4.39 Å². The monoisotopic (exact) mass is 351 g/mol. The highest BCUT2D eigenvalue weighted by atomic mass is 79.9. The van der Waals surface area contributed by atoms with Crippen molar-refractivity contribution in [1.29, 1.82) is 0 Å². The summed E-state index contributed by atoms with van der Waals surface area (Å²) in [6, 6.07) is 13.5. The molecule has 2 rings (SSSR count). The molecule has 1 atom stereocenters. The van der Waals surface area contributed by atoms with Crippen molar-refractivity contribution in [2.45, 2.75) is 25.8 Å². The summed E-state index contributed by atoms with van der Waals surface area (Å²) in [5, 5.41) is 3.32. The van der Waals surface area contributed by atoms with E-state index in [-0.39, 0.29) is 11.9 Å². The zero-order chi connectivity index (χ0) is 15.2. The molecule has 0 fully saturated rings. The Morgan fingerprint density at radius 1 is 1.19 bits per heavy atom. The summed E-state index contributed by atoms with van der Waals surface area (Å²) in [6.07, 6.45) is 1.95. The molecule has 0 saturated heterocycles. The molecule has 0 amide bonds. The first-order valence-corrected chi connectivity index (χ1v) is 7.72. The fourth-order valence-corrected chi connectivity index (χ4v) is 2.36. The predicted molar refractivity (Wildman–Crippen MR) is 88.5 cm³/mol. The molecule has 2 nitrogen and oxygen atoms in total. The number of methoxy groups -OCH3 is 1. The van der Waals surface area contributed by atoms with Crippen molar-refractivity contribution < 1.29 is 9.13 Å². The van der Waals surface area contributed by atoms with E-state index in [0.29, 0.717) is 4.47 Å². The quantitative estimate of drug-likeness (QED) is 0.787. The van der Waals surface area contributed by atoms with Crippen LogP contribution < -0.4 is 10.1 Å². The number of anilines is 1. The van der Waals surface area contributed by atoms with Gasteiger partial charge < -0.3 is 10.1 Å². The van der Waals surface area contributed by atoms with Gasteiger partial charge in [0.1, 0.15) is 11.6 Å². The van der Waals surface area contributed by atoms with E-state index in [1.807, 2.05) is 18.2 Å². The Labute approximate surface area is 133 Å². The second-order valence-corrected chi connectivity index (χ2v) is 5.92. The van der Waals surface area contributed by atoms with Crippen molar-refractivity contribution in [2.24, 2.45) is 0 Å². The van der Waals surface area contributed by atoms with Gasteiger partial charge in [0.25, 0.3) is 0 Å². The second kappa shape index (κ2) is 7.46. The number of nitrogens with one attached hydrogen (secondary N) is 1. The van der Waals surface area contributed by atoms with Crippen LogP contribution in [-0.2, 0) is 6.42 Å². The van der Waals surface area contributed by atoms with Gasteiger partial charge in [-0.1, -0.05) is 12.1 Å². The van der Waals surface area contributed by atoms with Gasteiger partial charge in [-0.2, -0.15) is 0 Å². The molecule has 2 aromatic rings. The molecule has 1 unspecified atom stereocenters. The number of ether oxygens (including phenoxy) is 1. The lowest BCUT2D eigenvalue weighted by atomic mass is 10.1. The molecule has 0 bridgehead atoms. The van der Waals surface area contributed by atoms with Gasteiger partial charge in [0, 0.05) is 11.7 Å². The summed E-state index contributed by atoms with van der Waals surface area (Å²) < 4.78 is 19.1. The lowest BCUT2D eigenvalue weighted by molar-refractivity contribution is 0.414. The molecule has 0 aliphatic heterocycles. The van der Waals surface area contributed by atoms with E-state index in [1.165, 1.54) is 11.6 Å². The van der Waals surface area contributed by atoms with E-state index in [1.54, 1.807) is 13.2 Å². The third-order valence-electron chi connectivity index (χ3n) is 3.36. The van der Waals surface area contributed by atoms with Crippen LogP contribution >= 0.6 is 15.9 Å². The topological polar surface area (TPSA) is 21.3 Å². The lowest BCUT2D eigenvalue weighted by Crippen LogP contribution is -2.16. The molecular formula is C17H19BrFNO. The van der Waals surface area contributed by atoms with Crippen LogP contribution in [0.1, 0.15) is 18.9 Å². The molecule has 0 spiro atoms. The summed E-state index contributed by atoms with van der Waals surface area (Å²) in [5.41, 5.74) is 2.07. The average Bonchev–Trinajstić information content (AvgIpc) is 2.49. The zero-order valence-corrected chi connectivity index (χ0v) is 13.8. The summed E-state index contributed by atoms with van der Waals surface area (Å²) in [4.78, 5) is 0. The fraction of sp³-hybridized carbons (Fsp3) is 0.294. The smallest absolute Gasteiger partial charge is 0.139 e. The van der Waals surface area contributed by atoms with Gasteiger partial charge in [-0.3, -0.25) is 0 Å². The molecule has 0 heterocycles. The Hall–Kier alpha value is -1.55. The first kappa shape index (κ1) is 15.8. The molecule has 0 aromatic heterocycles. The number of halogens is 2. The van der Waals surface area contributed by atoms with E-state index in [9.17, 15) is 4.39 Å². The summed E-state index contributed by atoms with van der Waals surface area (Å²) in [5.74, 6) is 0.623. The lowest BCUT2D eigenvalue weighted by Gasteiger charge is -2.15. The van der Waals surface area contributed by atoms with Crippen molar-refractivity contribution in [1.82, 2.24) is 0 Å². The van der Waals surface area contributed by atoms with Gasteiger partial charge in [0.15, 0.2) is 0 Å². The van der Waals surface area contributed by atoms with Crippen LogP contribution in [0.15, 0.2) is 46.9 Å². The summed E-state index contributed by atoms with van der Waals surface area (Å²) in [7, 11) is 1.67. The van der Waals surface area contributed by atoms with Crippen LogP contribution in [0.5, 0.6) is 5.75 Å². The number of hydrogen-bond donors (Lipinski definition) is 1. The Bertz CT molecular complexity index is 586. The van der Waals surface area contributed by atoms with Crippen LogP contribution in [0.25, 0.3) is 0 Å². The van der Waals surface area contributed by atoms with E-state index < -0.39 is 0 Å². The number of aryl methyl sites for hydroxylation is 1. The Morgan fingerprint density at radius 2 is 1.90 bits per heavy atom. The molecule has 21 heavy (non-hydrogen) atoms. The van der Waals surface area contributed by atoms with Crippen molar-refractivity contribution in [2.75, 3.05) is 12.4 Å². The van der Waals surface area contributed by atoms with E-state index >= 15 is 0 Å². The molecule has 0 aliphatic rings. The Kier molecular flexibility index (Phi) is 5.62. The second-order valence-electron chi connectivity index (χ2n) is 5.06. The van der Waals surface area contributed by atoms with Gasteiger partial charge in [0.05, 0.1) is 11.6 Å². The number of rotatable bonds is 6. The zero-order valence-electron chi connectivity index (χ0n) is 12.2. The molecule has 1 N–H and O–H groups in total. The van der Waals surface area contributed by atoms with Crippen LogP contribution in [0.3, 0.4) is 0 Å². The van der Waals surface area contributed by atoms with Crippen LogP contribution in [0, 0.1) is 5.82 Å². The van der Waals surface area contributed by atoms with Crippen LogP contribution in [-0.4, -0.2) is 13.2 Å². The van der Waals surface area contributed by atoms with E-state index in [0.717, 1.165) is 24.3 Å². The average molecular weight is 352 g/mol. The molecule has 112 valence electrons. The maximum Gasteiger partial charge on any atom is 0.139 e. The SMILES string of the molecule is COc1ccc(CCC(C)Nc2ccc(Br)c(F)c2)cc1. The highest BCUT2D eigenvalue weighted by molar-refractivity contribution is 9.10. The van der Waals surface area contributed by atoms with E-state index in [2.05, 4.69) is 40.3 Å². The minimum atomic E-state index is -0.248. The van der Waals surface area contributed by atoms with Crippen molar-refractivity contribution >= 4 is 21.6 Å². The maximum absolute atomic E-state index is 13.5.